The number of aromatic nitrogens is 1. The van der Waals surface area contributed by atoms with Crippen LogP contribution in [0.15, 0.2) is 54.6 Å². The molecule has 0 radical (unpaired) electrons. The summed E-state index contributed by atoms with van der Waals surface area (Å²) in [5, 5.41) is 3.02. The first-order valence-corrected chi connectivity index (χ1v) is 9.15. The van der Waals surface area contributed by atoms with Gasteiger partial charge in [0.2, 0.25) is 0 Å². The highest BCUT2D eigenvalue weighted by atomic mass is 35.5. The Kier molecular flexibility index (Phi) is 6.41. The highest BCUT2D eigenvalue weighted by Gasteiger charge is 2.18. The lowest BCUT2D eigenvalue weighted by Crippen LogP contribution is -2.34. The van der Waals surface area contributed by atoms with Crippen molar-refractivity contribution in [2.45, 2.75) is 6.92 Å². The molecule has 2 aromatic carbocycles. The van der Waals surface area contributed by atoms with E-state index in [1.54, 1.807) is 55.5 Å². The van der Waals surface area contributed by atoms with Crippen molar-refractivity contribution in [3.8, 4) is 11.3 Å². The summed E-state index contributed by atoms with van der Waals surface area (Å²) in [6.07, 6.45) is -0.899. The molecule has 7 nitrogen and oxygen atoms in total. The zero-order valence-corrected chi connectivity index (χ0v) is 16.2. The molecule has 1 aromatic heterocycles. The molecule has 1 N–H and O–H groups in total. The van der Waals surface area contributed by atoms with Gasteiger partial charge in [0.1, 0.15) is 0 Å². The monoisotopic (exact) mass is 412 g/mol. The van der Waals surface area contributed by atoms with Crippen molar-refractivity contribution in [1.82, 2.24) is 10.3 Å². The van der Waals surface area contributed by atoms with E-state index >= 15 is 0 Å². The predicted molar refractivity (Wildman–Crippen MR) is 108 cm³/mol. The van der Waals surface area contributed by atoms with Crippen LogP contribution < -0.4 is 5.32 Å². The van der Waals surface area contributed by atoms with Crippen molar-refractivity contribution in [3.05, 3.63) is 65.2 Å². The lowest BCUT2D eigenvalue weighted by molar-refractivity contribution is -0.123. The number of imide groups is 1. The number of hydrogen-bond acceptors (Lipinski definition) is 6. The number of fused-ring (bicyclic) bond motifs is 1. The van der Waals surface area contributed by atoms with Gasteiger partial charge < -0.3 is 9.47 Å². The Balaban J connectivity index is 1.88. The molecule has 0 aliphatic rings. The summed E-state index contributed by atoms with van der Waals surface area (Å²) in [5.41, 5.74) is 1.97. The minimum Gasteiger partial charge on any atom is -0.452 e. The molecule has 2 amide bonds. The van der Waals surface area contributed by atoms with Gasteiger partial charge >= 0.3 is 12.1 Å². The van der Waals surface area contributed by atoms with Crippen LogP contribution in [0.1, 0.15) is 17.3 Å². The molecule has 3 rings (SSSR count). The van der Waals surface area contributed by atoms with Crippen molar-refractivity contribution in [3.63, 3.8) is 0 Å². The number of rotatable bonds is 5. The molecule has 1 heterocycles. The first-order chi connectivity index (χ1) is 14.0. The van der Waals surface area contributed by atoms with Gasteiger partial charge in [0.25, 0.3) is 5.91 Å². The van der Waals surface area contributed by atoms with E-state index in [1.807, 2.05) is 11.4 Å². The first kappa shape index (κ1) is 20.3. The number of amides is 2. The minimum atomic E-state index is -0.899. The molecule has 8 heteroatoms. The van der Waals surface area contributed by atoms with E-state index in [-0.39, 0.29) is 12.2 Å². The second kappa shape index (κ2) is 9.16. The number of para-hydroxylation sites is 1. The third kappa shape index (κ3) is 4.89. The van der Waals surface area contributed by atoms with Gasteiger partial charge in [-0.25, -0.2) is 14.6 Å². The average molecular weight is 413 g/mol. The lowest BCUT2D eigenvalue weighted by atomic mass is 10.0. The third-order valence-corrected chi connectivity index (χ3v) is 4.27. The van der Waals surface area contributed by atoms with Crippen molar-refractivity contribution < 1.29 is 23.9 Å². The Morgan fingerprint density at radius 3 is 2.52 bits per heavy atom. The molecule has 0 saturated carbocycles. The summed E-state index contributed by atoms with van der Waals surface area (Å²) >= 11 is 6.27. The molecule has 0 unspecified atom stereocenters. The molecule has 0 aliphatic heterocycles. The fraction of sp³-hybridized carbons (Fsp3) is 0.143. The molecule has 0 bridgehead atoms. The standard InChI is InChI=1S/C21H17ClN2O5/c1-2-28-21(27)24-19(25)12-29-20(26)15-11-18(14-8-3-5-9-16(14)22)23-17-10-6-4-7-13(15)17/h3-11H,2,12H2,1H3,(H,24,25,27). The molecule has 0 spiro atoms. The maximum atomic E-state index is 12.7. The van der Waals surface area contributed by atoms with Crippen molar-refractivity contribution >= 4 is 40.5 Å². The smallest absolute Gasteiger partial charge is 0.413 e. The Morgan fingerprint density at radius 1 is 1.03 bits per heavy atom. The summed E-state index contributed by atoms with van der Waals surface area (Å²) in [6, 6.07) is 15.8. The number of esters is 1. The van der Waals surface area contributed by atoms with Crippen LogP contribution in [0, 0.1) is 0 Å². The number of benzene rings is 2. The van der Waals surface area contributed by atoms with Gasteiger partial charge in [-0.1, -0.05) is 48.0 Å². The zero-order valence-electron chi connectivity index (χ0n) is 15.5. The number of nitrogens with one attached hydrogen (secondary N) is 1. The van der Waals surface area contributed by atoms with Crippen LogP contribution >= 0.6 is 11.6 Å². The van der Waals surface area contributed by atoms with Gasteiger partial charge in [-0.15, -0.1) is 0 Å². The number of halogens is 1. The molecule has 3 aromatic rings. The van der Waals surface area contributed by atoms with Crippen LogP contribution in [-0.4, -0.2) is 36.2 Å². The van der Waals surface area contributed by atoms with Gasteiger partial charge in [0, 0.05) is 16.0 Å². The minimum absolute atomic E-state index is 0.118. The second-order valence-corrected chi connectivity index (χ2v) is 6.30. The number of alkyl carbamates (subject to hydrolysis) is 1. The summed E-state index contributed by atoms with van der Waals surface area (Å²) in [5.74, 6) is -1.52. The highest BCUT2D eigenvalue weighted by molar-refractivity contribution is 6.33. The Bertz CT molecular complexity index is 1080. The summed E-state index contributed by atoms with van der Waals surface area (Å²) in [6.45, 7) is 1.09. The SMILES string of the molecule is CCOC(=O)NC(=O)COC(=O)c1cc(-c2ccccc2Cl)nc2ccccc12. The highest BCUT2D eigenvalue weighted by Crippen LogP contribution is 2.30. The van der Waals surface area contributed by atoms with Crippen LogP contribution in [0.4, 0.5) is 4.79 Å². The van der Waals surface area contributed by atoms with E-state index in [1.165, 1.54) is 0 Å². The van der Waals surface area contributed by atoms with E-state index < -0.39 is 24.6 Å². The second-order valence-electron chi connectivity index (χ2n) is 5.90. The fourth-order valence-electron chi connectivity index (χ4n) is 2.68. The maximum Gasteiger partial charge on any atom is 0.413 e. The van der Waals surface area contributed by atoms with Crippen LogP contribution in [0.2, 0.25) is 5.02 Å². The third-order valence-electron chi connectivity index (χ3n) is 3.94. The number of pyridine rings is 1. The largest absolute Gasteiger partial charge is 0.452 e. The maximum absolute atomic E-state index is 12.7. The van der Waals surface area contributed by atoms with Crippen LogP contribution in [0.3, 0.4) is 0 Å². The molecular formula is C21H17ClN2O5. The van der Waals surface area contributed by atoms with Crippen molar-refractivity contribution in [2.24, 2.45) is 0 Å². The topological polar surface area (TPSA) is 94.6 Å². The fourth-order valence-corrected chi connectivity index (χ4v) is 2.91. The van der Waals surface area contributed by atoms with Crippen molar-refractivity contribution in [1.29, 1.82) is 0 Å². The first-order valence-electron chi connectivity index (χ1n) is 8.78. The molecule has 0 fully saturated rings. The van der Waals surface area contributed by atoms with E-state index in [0.717, 1.165) is 0 Å². The van der Waals surface area contributed by atoms with Gasteiger partial charge in [-0.05, 0) is 25.1 Å². The number of nitrogens with zero attached hydrogens (tertiary/aromatic N) is 1. The van der Waals surface area contributed by atoms with Gasteiger partial charge in [0.15, 0.2) is 6.61 Å². The Hall–Kier alpha value is -3.45. The van der Waals surface area contributed by atoms with Crippen molar-refractivity contribution in [2.75, 3.05) is 13.2 Å². The van der Waals surface area contributed by atoms with E-state index in [2.05, 4.69) is 9.72 Å². The van der Waals surface area contributed by atoms with Gasteiger partial charge in [0.05, 0.1) is 23.4 Å². The Labute approximate surface area is 171 Å². The molecule has 0 atom stereocenters. The average Bonchev–Trinajstić information content (AvgIpc) is 2.71. The quantitative estimate of drug-likeness (QED) is 0.637. The number of carbonyl (C=O) groups is 3. The van der Waals surface area contributed by atoms with Crippen LogP contribution in [-0.2, 0) is 14.3 Å². The predicted octanol–water partition coefficient (Wildman–Crippen LogP) is 3.98. The van der Waals surface area contributed by atoms with Crippen LogP contribution in [0.25, 0.3) is 22.2 Å². The molecular weight excluding hydrogens is 396 g/mol. The number of carbonyl (C=O) groups excluding carboxylic acids is 3. The molecule has 29 heavy (non-hydrogen) atoms. The summed E-state index contributed by atoms with van der Waals surface area (Å²) in [7, 11) is 0. The van der Waals surface area contributed by atoms with Gasteiger partial charge in [-0.3, -0.25) is 10.1 Å². The summed E-state index contributed by atoms with van der Waals surface area (Å²) in [4.78, 5) is 40.2. The Morgan fingerprint density at radius 2 is 1.76 bits per heavy atom. The molecule has 148 valence electrons. The van der Waals surface area contributed by atoms with E-state index in [4.69, 9.17) is 16.3 Å². The van der Waals surface area contributed by atoms with E-state index in [9.17, 15) is 14.4 Å². The molecule has 0 saturated heterocycles. The molecule has 0 aliphatic carbocycles. The number of ether oxygens (including phenoxy) is 2. The summed E-state index contributed by atoms with van der Waals surface area (Å²) < 4.78 is 9.68. The van der Waals surface area contributed by atoms with Crippen LogP contribution in [0.5, 0.6) is 0 Å². The number of hydrogen-bond donors (Lipinski definition) is 1. The lowest BCUT2D eigenvalue weighted by Gasteiger charge is -2.11. The normalized spacial score (nSPS) is 10.4. The van der Waals surface area contributed by atoms with E-state index in [0.29, 0.717) is 27.2 Å². The van der Waals surface area contributed by atoms with Gasteiger partial charge in [-0.2, -0.15) is 0 Å². The zero-order chi connectivity index (χ0) is 20.8.